The number of para-hydroxylation sites is 1. The van der Waals surface area contributed by atoms with Crippen molar-refractivity contribution in [2.24, 2.45) is 0 Å². The minimum absolute atomic E-state index is 0.0321. The fraction of sp³-hybridized carbons (Fsp3) is 0.176. The van der Waals surface area contributed by atoms with Gasteiger partial charge < -0.3 is 10.2 Å². The zero-order valence-electron chi connectivity index (χ0n) is 12.9. The predicted molar refractivity (Wildman–Crippen MR) is 84.0 cm³/mol. The maximum absolute atomic E-state index is 13.5. The van der Waals surface area contributed by atoms with E-state index in [-0.39, 0.29) is 24.3 Å². The monoisotopic (exact) mass is 336 g/mol. The maximum atomic E-state index is 13.5. The van der Waals surface area contributed by atoms with Gasteiger partial charge in [-0.25, -0.2) is 13.2 Å². The van der Waals surface area contributed by atoms with Gasteiger partial charge in [-0.2, -0.15) is 0 Å². The second-order valence-electron chi connectivity index (χ2n) is 5.05. The topological polar surface area (TPSA) is 49.4 Å². The summed E-state index contributed by atoms with van der Waals surface area (Å²) in [6, 6.07) is 8.71. The van der Waals surface area contributed by atoms with E-state index in [0.29, 0.717) is 0 Å². The second-order valence-corrected chi connectivity index (χ2v) is 5.05. The quantitative estimate of drug-likeness (QED) is 0.909. The lowest BCUT2D eigenvalue weighted by molar-refractivity contribution is -0.117. The van der Waals surface area contributed by atoms with Gasteiger partial charge in [0.05, 0.1) is 5.69 Å². The third-order valence-corrected chi connectivity index (χ3v) is 3.31. The Labute approximate surface area is 136 Å². The van der Waals surface area contributed by atoms with Gasteiger partial charge in [0.25, 0.3) is 0 Å². The molecular formula is C17H15F3N2O2. The van der Waals surface area contributed by atoms with Crippen LogP contribution in [-0.2, 0) is 9.59 Å². The Bertz CT molecular complexity index is 765. The number of amides is 2. The highest BCUT2D eigenvalue weighted by Gasteiger charge is 2.16. The number of anilines is 2. The molecule has 0 bridgehead atoms. The normalized spacial score (nSPS) is 10.3. The van der Waals surface area contributed by atoms with E-state index in [1.807, 2.05) is 0 Å². The fourth-order valence-electron chi connectivity index (χ4n) is 2.11. The van der Waals surface area contributed by atoms with E-state index in [2.05, 4.69) is 5.32 Å². The molecule has 0 fully saturated rings. The minimum Gasteiger partial charge on any atom is -0.324 e. The van der Waals surface area contributed by atoms with Gasteiger partial charge >= 0.3 is 0 Å². The van der Waals surface area contributed by atoms with Crippen molar-refractivity contribution in [1.82, 2.24) is 0 Å². The zero-order chi connectivity index (χ0) is 17.7. The fourth-order valence-corrected chi connectivity index (χ4v) is 2.11. The first-order valence-electron chi connectivity index (χ1n) is 7.16. The molecule has 2 rings (SSSR count). The summed E-state index contributed by atoms with van der Waals surface area (Å²) < 4.78 is 39.7. The van der Waals surface area contributed by atoms with Gasteiger partial charge in [0.2, 0.25) is 11.8 Å². The van der Waals surface area contributed by atoms with E-state index >= 15 is 0 Å². The number of carbonyl (C=O) groups excluding carboxylic acids is 2. The number of hydrogen-bond acceptors (Lipinski definition) is 2. The summed E-state index contributed by atoms with van der Waals surface area (Å²) in [5, 5.41) is 2.39. The Kier molecular flexibility index (Phi) is 5.57. The van der Waals surface area contributed by atoms with Gasteiger partial charge in [-0.1, -0.05) is 12.1 Å². The molecule has 1 N–H and O–H groups in total. The highest BCUT2D eigenvalue weighted by Crippen LogP contribution is 2.19. The first-order chi connectivity index (χ1) is 11.4. The zero-order valence-corrected chi connectivity index (χ0v) is 12.9. The molecule has 0 aliphatic heterocycles. The Balaban J connectivity index is 2.03. The van der Waals surface area contributed by atoms with Crippen LogP contribution in [0.5, 0.6) is 0 Å². The van der Waals surface area contributed by atoms with Gasteiger partial charge in [0.1, 0.15) is 5.82 Å². The molecule has 0 saturated heterocycles. The lowest BCUT2D eigenvalue weighted by atomic mass is 10.2. The van der Waals surface area contributed by atoms with Crippen LogP contribution in [0.1, 0.15) is 13.3 Å². The van der Waals surface area contributed by atoms with Crippen LogP contribution < -0.4 is 10.2 Å². The smallest absolute Gasteiger partial charge is 0.226 e. The Morgan fingerprint density at radius 3 is 2.33 bits per heavy atom. The van der Waals surface area contributed by atoms with Crippen LogP contribution in [0.25, 0.3) is 0 Å². The van der Waals surface area contributed by atoms with Gasteiger partial charge in [0.15, 0.2) is 11.6 Å². The summed E-state index contributed by atoms with van der Waals surface area (Å²) in [5.74, 6) is -3.63. The van der Waals surface area contributed by atoms with Crippen molar-refractivity contribution in [1.29, 1.82) is 0 Å². The molecule has 0 aliphatic carbocycles. The number of hydrogen-bond donors (Lipinski definition) is 1. The number of rotatable bonds is 5. The van der Waals surface area contributed by atoms with E-state index in [4.69, 9.17) is 0 Å². The molecule has 0 atom stereocenters. The summed E-state index contributed by atoms with van der Waals surface area (Å²) in [7, 11) is 0. The summed E-state index contributed by atoms with van der Waals surface area (Å²) in [4.78, 5) is 24.7. The molecule has 2 aromatic rings. The van der Waals surface area contributed by atoms with Crippen molar-refractivity contribution in [2.45, 2.75) is 13.3 Å². The van der Waals surface area contributed by atoms with Gasteiger partial charge in [-0.15, -0.1) is 0 Å². The highest BCUT2D eigenvalue weighted by molar-refractivity contribution is 5.94. The Hall–Kier alpha value is -2.83. The van der Waals surface area contributed by atoms with Gasteiger partial charge in [-0.3, -0.25) is 9.59 Å². The lowest BCUT2D eigenvalue weighted by Gasteiger charge is -2.21. The molecule has 0 unspecified atom stereocenters. The molecule has 2 amide bonds. The first-order valence-corrected chi connectivity index (χ1v) is 7.16. The molecule has 0 aromatic heterocycles. The number of nitrogens with one attached hydrogen (secondary N) is 1. The van der Waals surface area contributed by atoms with Crippen LogP contribution in [0.3, 0.4) is 0 Å². The van der Waals surface area contributed by atoms with Crippen LogP contribution in [0.4, 0.5) is 24.5 Å². The van der Waals surface area contributed by atoms with Crippen molar-refractivity contribution >= 4 is 23.2 Å². The average molecular weight is 336 g/mol. The van der Waals surface area contributed by atoms with E-state index < -0.39 is 29.3 Å². The molecule has 2 aromatic carbocycles. The van der Waals surface area contributed by atoms with Crippen molar-refractivity contribution in [3.63, 3.8) is 0 Å². The van der Waals surface area contributed by atoms with E-state index in [1.54, 1.807) is 6.07 Å². The summed E-state index contributed by atoms with van der Waals surface area (Å²) in [5.41, 5.74) is 0.171. The van der Waals surface area contributed by atoms with Crippen molar-refractivity contribution in [3.05, 3.63) is 59.9 Å². The second kappa shape index (κ2) is 7.63. The van der Waals surface area contributed by atoms with Crippen LogP contribution in [0.15, 0.2) is 42.5 Å². The highest BCUT2D eigenvalue weighted by atomic mass is 19.2. The molecule has 7 heteroatoms. The lowest BCUT2D eigenvalue weighted by Crippen LogP contribution is -2.32. The average Bonchev–Trinajstić information content (AvgIpc) is 2.53. The maximum Gasteiger partial charge on any atom is 0.226 e. The van der Waals surface area contributed by atoms with Crippen LogP contribution in [0, 0.1) is 17.5 Å². The molecule has 0 spiro atoms. The van der Waals surface area contributed by atoms with Crippen LogP contribution in [0.2, 0.25) is 0 Å². The number of nitrogens with zero attached hydrogens (tertiary/aromatic N) is 1. The number of benzene rings is 2. The first kappa shape index (κ1) is 17.5. The predicted octanol–water partition coefficient (Wildman–Crippen LogP) is 3.49. The van der Waals surface area contributed by atoms with Crippen LogP contribution >= 0.6 is 0 Å². The third kappa shape index (κ3) is 4.34. The van der Waals surface area contributed by atoms with Crippen LogP contribution in [-0.4, -0.2) is 18.4 Å². The molecule has 4 nitrogen and oxygen atoms in total. The van der Waals surface area contributed by atoms with E-state index in [9.17, 15) is 22.8 Å². The van der Waals surface area contributed by atoms with Crippen molar-refractivity contribution in [3.8, 4) is 0 Å². The molecule has 0 heterocycles. The van der Waals surface area contributed by atoms with E-state index in [0.717, 1.165) is 17.0 Å². The molecule has 126 valence electrons. The summed E-state index contributed by atoms with van der Waals surface area (Å²) in [6.07, 6.45) is -0.132. The third-order valence-electron chi connectivity index (χ3n) is 3.31. The Morgan fingerprint density at radius 2 is 1.71 bits per heavy atom. The number of carbonyl (C=O) groups is 2. The largest absolute Gasteiger partial charge is 0.324 e. The molecular weight excluding hydrogens is 321 g/mol. The van der Waals surface area contributed by atoms with Crippen molar-refractivity contribution in [2.75, 3.05) is 16.8 Å². The summed E-state index contributed by atoms with van der Waals surface area (Å²) >= 11 is 0. The van der Waals surface area contributed by atoms with Gasteiger partial charge in [0, 0.05) is 31.6 Å². The minimum atomic E-state index is -1.09. The molecule has 0 radical (unpaired) electrons. The van der Waals surface area contributed by atoms with Gasteiger partial charge in [-0.05, 0) is 24.3 Å². The summed E-state index contributed by atoms with van der Waals surface area (Å²) in [6.45, 7) is 1.19. The number of halogens is 3. The molecule has 0 aliphatic rings. The van der Waals surface area contributed by atoms with Crippen molar-refractivity contribution < 1.29 is 22.8 Å². The molecule has 0 saturated carbocycles. The SMILES string of the molecule is CC(=O)N(CCC(=O)Nc1ccccc1F)c1ccc(F)c(F)c1. The standard InChI is InChI=1S/C17H15F3N2O2/c1-11(23)22(12-6-7-13(18)15(20)10-12)9-8-17(24)21-16-5-3-2-4-14(16)19/h2-7,10H,8-9H2,1H3,(H,21,24). The van der Waals surface area contributed by atoms with E-state index in [1.165, 1.54) is 31.2 Å². The Morgan fingerprint density at radius 1 is 1.00 bits per heavy atom. The molecule has 24 heavy (non-hydrogen) atoms.